The fraction of sp³-hybridized carbons (Fsp3) is 0.583. The maximum atomic E-state index is 5.92. The Hall–Kier alpha value is -1.25. The molecule has 1 aliphatic rings. The van der Waals surface area contributed by atoms with Crippen LogP contribution in [0, 0.1) is 5.92 Å². The number of nitrogen functional groups attached to an aromatic ring is 1. The van der Waals surface area contributed by atoms with Gasteiger partial charge in [0.15, 0.2) is 0 Å². The summed E-state index contributed by atoms with van der Waals surface area (Å²) in [6.45, 7) is 4.55. The van der Waals surface area contributed by atoms with Crippen molar-refractivity contribution in [3.8, 4) is 0 Å². The average molecular weight is 205 g/mol. The topological polar surface area (TPSA) is 42.2 Å². The van der Waals surface area contributed by atoms with Gasteiger partial charge in [-0.3, -0.25) is 4.98 Å². The standard InChI is InChI=1S/C12H19N3/c1-2-3-10-5-7-15(9-10)12-4-6-14-8-11(12)13/h4,6,8,10H,2-3,5,7,9,13H2,1H3. The summed E-state index contributed by atoms with van der Waals surface area (Å²) < 4.78 is 0. The lowest BCUT2D eigenvalue weighted by Crippen LogP contribution is -2.20. The molecule has 0 spiro atoms. The molecule has 2 N–H and O–H groups in total. The first-order valence-electron chi connectivity index (χ1n) is 5.75. The number of rotatable bonds is 3. The SMILES string of the molecule is CCCC1CCN(c2ccncc2N)C1. The van der Waals surface area contributed by atoms with Gasteiger partial charge in [0.05, 0.1) is 17.6 Å². The molecule has 1 aromatic rings. The van der Waals surface area contributed by atoms with E-state index in [2.05, 4.69) is 16.8 Å². The molecule has 1 fully saturated rings. The zero-order chi connectivity index (χ0) is 10.7. The third-order valence-electron chi connectivity index (χ3n) is 3.15. The predicted octanol–water partition coefficient (Wildman–Crippen LogP) is 2.29. The van der Waals surface area contributed by atoms with Gasteiger partial charge in [0.2, 0.25) is 0 Å². The van der Waals surface area contributed by atoms with E-state index in [0.717, 1.165) is 30.4 Å². The van der Waals surface area contributed by atoms with E-state index in [1.165, 1.54) is 19.3 Å². The fourth-order valence-corrected chi connectivity index (χ4v) is 2.38. The van der Waals surface area contributed by atoms with Gasteiger partial charge in [-0.15, -0.1) is 0 Å². The average Bonchev–Trinajstić information content (AvgIpc) is 2.68. The molecule has 2 rings (SSSR count). The summed E-state index contributed by atoms with van der Waals surface area (Å²) in [4.78, 5) is 6.41. The van der Waals surface area contributed by atoms with Crippen molar-refractivity contribution >= 4 is 11.4 Å². The second-order valence-electron chi connectivity index (χ2n) is 4.32. The van der Waals surface area contributed by atoms with Crippen molar-refractivity contribution < 1.29 is 0 Å². The van der Waals surface area contributed by atoms with Crippen molar-refractivity contribution in [2.75, 3.05) is 23.7 Å². The highest BCUT2D eigenvalue weighted by Gasteiger charge is 2.22. The summed E-state index contributed by atoms with van der Waals surface area (Å²) >= 11 is 0. The number of pyridine rings is 1. The second-order valence-corrected chi connectivity index (χ2v) is 4.32. The first-order valence-corrected chi connectivity index (χ1v) is 5.75. The summed E-state index contributed by atoms with van der Waals surface area (Å²) in [5, 5.41) is 0. The number of anilines is 2. The molecular weight excluding hydrogens is 186 g/mol. The molecule has 1 aliphatic heterocycles. The highest BCUT2D eigenvalue weighted by molar-refractivity contribution is 5.66. The summed E-state index contributed by atoms with van der Waals surface area (Å²) in [7, 11) is 0. The molecule has 82 valence electrons. The van der Waals surface area contributed by atoms with Crippen LogP contribution in [0.4, 0.5) is 11.4 Å². The molecule has 1 aromatic heterocycles. The summed E-state index contributed by atoms with van der Waals surface area (Å²) in [6.07, 6.45) is 7.47. The van der Waals surface area contributed by atoms with Gasteiger partial charge in [0.25, 0.3) is 0 Å². The van der Waals surface area contributed by atoms with E-state index >= 15 is 0 Å². The van der Waals surface area contributed by atoms with Gasteiger partial charge in [-0.05, 0) is 24.8 Å². The van der Waals surface area contributed by atoms with E-state index in [1.54, 1.807) is 6.20 Å². The molecule has 0 aliphatic carbocycles. The Balaban J connectivity index is 2.04. The van der Waals surface area contributed by atoms with Crippen molar-refractivity contribution in [3.63, 3.8) is 0 Å². The molecule has 1 atom stereocenters. The molecule has 15 heavy (non-hydrogen) atoms. The van der Waals surface area contributed by atoms with E-state index in [0.29, 0.717) is 0 Å². The van der Waals surface area contributed by atoms with E-state index in [1.807, 2.05) is 12.3 Å². The first kappa shape index (κ1) is 10.3. The minimum absolute atomic E-state index is 0.801. The van der Waals surface area contributed by atoms with Gasteiger partial charge < -0.3 is 10.6 Å². The monoisotopic (exact) mass is 205 g/mol. The maximum Gasteiger partial charge on any atom is 0.0738 e. The Kier molecular flexibility index (Phi) is 3.09. The molecular formula is C12H19N3. The fourth-order valence-electron chi connectivity index (χ4n) is 2.38. The van der Waals surface area contributed by atoms with Gasteiger partial charge in [0, 0.05) is 19.3 Å². The van der Waals surface area contributed by atoms with E-state index in [-0.39, 0.29) is 0 Å². The smallest absolute Gasteiger partial charge is 0.0738 e. The van der Waals surface area contributed by atoms with E-state index in [9.17, 15) is 0 Å². The number of hydrogen-bond acceptors (Lipinski definition) is 3. The zero-order valence-corrected chi connectivity index (χ0v) is 9.32. The molecule has 0 radical (unpaired) electrons. The van der Waals surface area contributed by atoms with Crippen molar-refractivity contribution in [1.82, 2.24) is 4.98 Å². The van der Waals surface area contributed by atoms with Crippen LogP contribution >= 0.6 is 0 Å². The van der Waals surface area contributed by atoms with Crippen LogP contribution in [0.2, 0.25) is 0 Å². The third-order valence-corrected chi connectivity index (χ3v) is 3.15. The van der Waals surface area contributed by atoms with E-state index < -0.39 is 0 Å². The van der Waals surface area contributed by atoms with Crippen LogP contribution in [-0.2, 0) is 0 Å². The minimum Gasteiger partial charge on any atom is -0.396 e. The Morgan fingerprint density at radius 3 is 3.20 bits per heavy atom. The largest absolute Gasteiger partial charge is 0.396 e. The van der Waals surface area contributed by atoms with Gasteiger partial charge in [-0.2, -0.15) is 0 Å². The van der Waals surface area contributed by atoms with Crippen LogP contribution in [0.15, 0.2) is 18.5 Å². The number of nitrogens with zero attached hydrogens (tertiary/aromatic N) is 2. The minimum atomic E-state index is 0.801. The van der Waals surface area contributed by atoms with Crippen LogP contribution in [0.25, 0.3) is 0 Å². The molecule has 3 nitrogen and oxygen atoms in total. The predicted molar refractivity (Wildman–Crippen MR) is 63.9 cm³/mol. The lowest BCUT2D eigenvalue weighted by molar-refractivity contribution is 0.530. The second kappa shape index (κ2) is 4.51. The highest BCUT2D eigenvalue weighted by atomic mass is 15.2. The summed E-state index contributed by atoms with van der Waals surface area (Å²) in [5.41, 5.74) is 7.87. The Bertz CT molecular complexity index is 324. The maximum absolute atomic E-state index is 5.92. The van der Waals surface area contributed by atoms with Crippen LogP contribution < -0.4 is 10.6 Å². The first-order chi connectivity index (χ1) is 7.31. The number of nitrogens with two attached hydrogens (primary N) is 1. The highest BCUT2D eigenvalue weighted by Crippen LogP contribution is 2.29. The number of hydrogen-bond donors (Lipinski definition) is 1. The summed E-state index contributed by atoms with van der Waals surface area (Å²) in [5.74, 6) is 0.850. The number of aromatic nitrogens is 1. The van der Waals surface area contributed by atoms with Crippen molar-refractivity contribution in [1.29, 1.82) is 0 Å². The van der Waals surface area contributed by atoms with Crippen molar-refractivity contribution in [2.45, 2.75) is 26.2 Å². The van der Waals surface area contributed by atoms with Crippen LogP contribution in [0.5, 0.6) is 0 Å². The van der Waals surface area contributed by atoms with Gasteiger partial charge in [0.1, 0.15) is 0 Å². The Morgan fingerprint density at radius 1 is 1.60 bits per heavy atom. The molecule has 0 saturated carbocycles. The molecule has 0 amide bonds. The lowest BCUT2D eigenvalue weighted by Gasteiger charge is -2.20. The van der Waals surface area contributed by atoms with Crippen molar-refractivity contribution in [2.24, 2.45) is 5.92 Å². The molecule has 0 bridgehead atoms. The third kappa shape index (κ3) is 2.22. The molecule has 1 unspecified atom stereocenters. The molecule has 0 aromatic carbocycles. The van der Waals surface area contributed by atoms with Crippen LogP contribution in [0.3, 0.4) is 0 Å². The quantitative estimate of drug-likeness (QED) is 0.823. The van der Waals surface area contributed by atoms with Gasteiger partial charge in [-0.1, -0.05) is 13.3 Å². The summed E-state index contributed by atoms with van der Waals surface area (Å²) in [6, 6.07) is 2.02. The van der Waals surface area contributed by atoms with Crippen LogP contribution in [-0.4, -0.2) is 18.1 Å². The van der Waals surface area contributed by atoms with Gasteiger partial charge >= 0.3 is 0 Å². The Morgan fingerprint density at radius 2 is 2.47 bits per heavy atom. The van der Waals surface area contributed by atoms with Crippen molar-refractivity contribution in [3.05, 3.63) is 18.5 Å². The molecule has 2 heterocycles. The molecule has 1 saturated heterocycles. The lowest BCUT2D eigenvalue weighted by atomic mass is 10.0. The van der Waals surface area contributed by atoms with Crippen LogP contribution in [0.1, 0.15) is 26.2 Å². The zero-order valence-electron chi connectivity index (χ0n) is 9.32. The van der Waals surface area contributed by atoms with E-state index in [4.69, 9.17) is 5.73 Å². The molecule has 3 heteroatoms. The van der Waals surface area contributed by atoms with Gasteiger partial charge in [-0.25, -0.2) is 0 Å². The Labute approximate surface area is 91.3 Å². The normalized spacial score (nSPS) is 20.9.